The highest BCUT2D eigenvalue weighted by atomic mass is 19.4. The van der Waals surface area contributed by atoms with Gasteiger partial charge in [0.1, 0.15) is 0 Å². The molecule has 2 aliphatic rings. The Balaban J connectivity index is 0.000000236. The molecule has 3 nitrogen and oxygen atoms in total. The number of nitrogens with one attached hydrogen (secondary N) is 1. The van der Waals surface area contributed by atoms with Gasteiger partial charge in [0.05, 0.1) is 0 Å². The second kappa shape index (κ2) is 6.91. The van der Waals surface area contributed by atoms with E-state index in [-0.39, 0.29) is 0 Å². The van der Waals surface area contributed by atoms with Crippen molar-refractivity contribution < 1.29 is 23.1 Å². The Morgan fingerprint density at radius 3 is 2.00 bits per heavy atom. The topological polar surface area (TPSA) is 49.3 Å². The Morgan fingerprint density at radius 1 is 1.13 bits per heavy atom. The first-order valence-corrected chi connectivity index (χ1v) is 7.79. The predicted molar refractivity (Wildman–Crippen MR) is 81.7 cm³/mol. The fourth-order valence-corrected chi connectivity index (χ4v) is 2.86. The van der Waals surface area contributed by atoms with Crippen molar-refractivity contribution in [2.45, 2.75) is 56.7 Å². The van der Waals surface area contributed by atoms with Crippen LogP contribution in [0.25, 0.3) is 0 Å². The molecule has 0 aliphatic heterocycles. The minimum absolute atomic E-state index is 0.759. The van der Waals surface area contributed by atoms with Crippen LogP contribution >= 0.6 is 0 Å². The zero-order chi connectivity index (χ0) is 17.2. The summed E-state index contributed by atoms with van der Waals surface area (Å²) in [4.78, 5) is 8.90. The van der Waals surface area contributed by atoms with Gasteiger partial charge in [0, 0.05) is 6.04 Å². The zero-order valence-electron chi connectivity index (χ0n) is 13.3. The van der Waals surface area contributed by atoms with Crippen molar-refractivity contribution in [3.05, 3.63) is 34.9 Å². The summed E-state index contributed by atoms with van der Waals surface area (Å²) in [5, 5.41) is 10.5. The lowest BCUT2D eigenvalue weighted by Crippen LogP contribution is -2.37. The van der Waals surface area contributed by atoms with Crippen molar-refractivity contribution in [1.82, 2.24) is 5.32 Å². The Hall–Kier alpha value is -1.56. The number of alkyl halides is 3. The molecule has 1 aromatic rings. The summed E-state index contributed by atoms with van der Waals surface area (Å²) in [6.07, 6.45) is 0.382. The maximum absolute atomic E-state index is 10.6. The SMILES string of the molecule is CNC1CC(c2cc(C)cc(C3CC3)c2)C1.O=C(O)C(F)(F)F. The Labute approximate surface area is 133 Å². The number of hydrogen-bond donors (Lipinski definition) is 2. The fraction of sp³-hybridized carbons (Fsp3) is 0.588. The number of rotatable bonds is 3. The lowest BCUT2D eigenvalue weighted by molar-refractivity contribution is -0.192. The van der Waals surface area contributed by atoms with Gasteiger partial charge in [-0.2, -0.15) is 13.2 Å². The van der Waals surface area contributed by atoms with Crippen LogP contribution in [0.4, 0.5) is 13.2 Å². The van der Waals surface area contributed by atoms with Gasteiger partial charge < -0.3 is 10.4 Å². The molecule has 0 atom stereocenters. The third-order valence-corrected chi connectivity index (χ3v) is 4.43. The molecular formula is C17H22F3NO2. The van der Waals surface area contributed by atoms with Gasteiger partial charge in [0.25, 0.3) is 0 Å². The summed E-state index contributed by atoms with van der Waals surface area (Å²) in [6.45, 7) is 2.24. The van der Waals surface area contributed by atoms with Gasteiger partial charge >= 0.3 is 12.1 Å². The number of aryl methyl sites for hydroxylation is 1. The molecule has 0 spiro atoms. The molecule has 2 fully saturated rings. The van der Waals surface area contributed by atoms with Crippen molar-refractivity contribution in [2.24, 2.45) is 0 Å². The summed E-state index contributed by atoms with van der Waals surface area (Å²) in [7, 11) is 2.08. The molecule has 2 saturated carbocycles. The molecule has 0 unspecified atom stereocenters. The standard InChI is InChI=1S/C15H21N.C2HF3O2/c1-10-5-12(11-3-4-11)7-13(6-10)14-8-15(9-14)16-2;3-2(4,5)1(6)7/h5-7,11,14-16H,3-4,8-9H2,1-2H3;(H,6,7). The first-order valence-electron chi connectivity index (χ1n) is 7.79. The van der Waals surface area contributed by atoms with E-state index in [1.165, 1.54) is 31.2 Å². The van der Waals surface area contributed by atoms with Crippen LogP contribution in [0.2, 0.25) is 0 Å². The average Bonchev–Trinajstić information content (AvgIpc) is 3.20. The van der Waals surface area contributed by atoms with Gasteiger partial charge in [-0.25, -0.2) is 4.79 Å². The van der Waals surface area contributed by atoms with Crippen molar-refractivity contribution in [1.29, 1.82) is 0 Å². The van der Waals surface area contributed by atoms with Crippen LogP contribution in [-0.2, 0) is 4.79 Å². The van der Waals surface area contributed by atoms with Gasteiger partial charge in [-0.05, 0) is 62.6 Å². The van der Waals surface area contributed by atoms with E-state index < -0.39 is 12.1 Å². The third kappa shape index (κ3) is 4.96. The predicted octanol–water partition coefficient (Wildman–Crippen LogP) is 3.97. The molecule has 0 bridgehead atoms. The number of hydrogen-bond acceptors (Lipinski definition) is 2. The third-order valence-electron chi connectivity index (χ3n) is 4.43. The minimum atomic E-state index is -5.08. The molecular weight excluding hydrogens is 307 g/mol. The van der Waals surface area contributed by atoms with Crippen LogP contribution in [0.1, 0.15) is 54.2 Å². The van der Waals surface area contributed by atoms with Crippen LogP contribution < -0.4 is 5.32 Å². The molecule has 1 aromatic carbocycles. The van der Waals surface area contributed by atoms with E-state index in [0.29, 0.717) is 0 Å². The van der Waals surface area contributed by atoms with E-state index in [4.69, 9.17) is 9.90 Å². The maximum Gasteiger partial charge on any atom is 0.490 e. The van der Waals surface area contributed by atoms with Gasteiger partial charge in [-0.15, -0.1) is 0 Å². The van der Waals surface area contributed by atoms with Crippen molar-refractivity contribution in [3.63, 3.8) is 0 Å². The summed E-state index contributed by atoms with van der Waals surface area (Å²) in [6, 6.07) is 8.01. The van der Waals surface area contributed by atoms with Gasteiger partial charge in [-0.3, -0.25) is 0 Å². The second-order valence-corrected chi connectivity index (χ2v) is 6.41. The number of benzene rings is 1. The average molecular weight is 329 g/mol. The normalized spacial score (nSPS) is 23.5. The number of aliphatic carboxylic acids is 1. The van der Waals surface area contributed by atoms with Crippen LogP contribution in [0.3, 0.4) is 0 Å². The quantitative estimate of drug-likeness (QED) is 0.882. The molecule has 2 N–H and O–H groups in total. The number of carboxylic acid groups (broad SMARTS) is 1. The van der Waals surface area contributed by atoms with E-state index in [9.17, 15) is 13.2 Å². The molecule has 6 heteroatoms. The molecule has 128 valence electrons. The van der Waals surface area contributed by atoms with Crippen LogP contribution in [0, 0.1) is 6.92 Å². The molecule has 3 rings (SSSR count). The highest BCUT2D eigenvalue weighted by Crippen LogP contribution is 2.43. The van der Waals surface area contributed by atoms with Crippen molar-refractivity contribution in [2.75, 3.05) is 7.05 Å². The lowest BCUT2D eigenvalue weighted by Gasteiger charge is -2.35. The number of carboxylic acids is 1. The summed E-state index contributed by atoms with van der Waals surface area (Å²) >= 11 is 0. The second-order valence-electron chi connectivity index (χ2n) is 6.41. The van der Waals surface area contributed by atoms with Gasteiger partial charge in [0.2, 0.25) is 0 Å². The Kier molecular flexibility index (Phi) is 5.34. The van der Waals surface area contributed by atoms with Crippen molar-refractivity contribution in [3.8, 4) is 0 Å². The van der Waals surface area contributed by atoms with E-state index in [0.717, 1.165) is 17.9 Å². The molecule has 0 saturated heterocycles. The van der Waals surface area contributed by atoms with Crippen molar-refractivity contribution >= 4 is 5.97 Å². The van der Waals surface area contributed by atoms with Gasteiger partial charge in [-0.1, -0.05) is 23.8 Å². The van der Waals surface area contributed by atoms with Crippen LogP contribution in [-0.4, -0.2) is 30.3 Å². The van der Waals surface area contributed by atoms with Crippen LogP contribution in [0.15, 0.2) is 18.2 Å². The Morgan fingerprint density at radius 2 is 1.61 bits per heavy atom. The Bertz CT molecular complexity index is 561. The number of halogens is 3. The minimum Gasteiger partial charge on any atom is -0.475 e. The largest absolute Gasteiger partial charge is 0.490 e. The number of carbonyl (C=O) groups is 1. The lowest BCUT2D eigenvalue weighted by atomic mass is 9.75. The summed E-state index contributed by atoms with van der Waals surface area (Å²) in [5.74, 6) is -1.05. The highest BCUT2D eigenvalue weighted by molar-refractivity contribution is 5.73. The van der Waals surface area contributed by atoms with E-state index in [2.05, 4.69) is 37.5 Å². The van der Waals surface area contributed by atoms with Gasteiger partial charge in [0.15, 0.2) is 0 Å². The molecule has 23 heavy (non-hydrogen) atoms. The monoisotopic (exact) mass is 329 g/mol. The first kappa shape index (κ1) is 17.8. The van der Waals surface area contributed by atoms with E-state index >= 15 is 0 Å². The maximum atomic E-state index is 10.6. The summed E-state index contributed by atoms with van der Waals surface area (Å²) in [5.41, 5.74) is 4.64. The van der Waals surface area contributed by atoms with E-state index in [1.807, 2.05) is 0 Å². The smallest absolute Gasteiger partial charge is 0.475 e. The first-order chi connectivity index (χ1) is 10.7. The molecule has 2 aliphatic carbocycles. The molecule has 0 aromatic heterocycles. The molecule has 0 radical (unpaired) electrons. The van der Waals surface area contributed by atoms with E-state index in [1.54, 1.807) is 11.1 Å². The highest BCUT2D eigenvalue weighted by Gasteiger charge is 2.38. The summed E-state index contributed by atoms with van der Waals surface area (Å²) < 4.78 is 31.7. The molecule has 0 amide bonds. The fourth-order valence-electron chi connectivity index (χ4n) is 2.86. The molecule has 0 heterocycles. The zero-order valence-corrected chi connectivity index (χ0v) is 13.3. The van der Waals surface area contributed by atoms with Crippen LogP contribution in [0.5, 0.6) is 0 Å².